The van der Waals surface area contributed by atoms with E-state index in [2.05, 4.69) is 5.32 Å². The fourth-order valence-electron chi connectivity index (χ4n) is 3.46. The predicted octanol–water partition coefficient (Wildman–Crippen LogP) is 3.33. The molecule has 3 rings (SSSR count). The van der Waals surface area contributed by atoms with E-state index in [9.17, 15) is 13.2 Å². The molecule has 9 heteroatoms. The van der Waals surface area contributed by atoms with Gasteiger partial charge in [0.1, 0.15) is 9.84 Å². The van der Waals surface area contributed by atoms with Crippen LogP contribution in [0, 0.1) is 0 Å². The van der Waals surface area contributed by atoms with Crippen molar-refractivity contribution in [3.63, 3.8) is 0 Å². The summed E-state index contributed by atoms with van der Waals surface area (Å²) in [6.07, 6.45) is 1.18. The van der Waals surface area contributed by atoms with E-state index in [-0.39, 0.29) is 17.7 Å². The summed E-state index contributed by atoms with van der Waals surface area (Å²) in [5.41, 5.74) is 2.25. The molecule has 1 amide bonds. The van der Waals surface area contributed by atoms with Gasteiger partial charge in [0.15, 0.2) is 11.5 Å². The average Bonchev–Trinajstić information content (AvgIpc) is 3.18. The lowest BCUT2D eigenvalue weighted by Gasteiger charge is -2.28. The molecule has 0 saturated heterocycles. The topological polar surface area (TPSA) is 84.9 Å². The Morgan fingerprint density at radius 1 is 1.21 bits per heavy atom. The third kappa shape index (κ3) is 4.51. The van der Waals surface area contributed by atoms with E-state index in [1.165, 1.54) is 31.8 Å². The SMILES string of the molecule is COc1ccc([C@H](CS(C)(=O)=O)N2Cc3c(csc3NC(C)C)C2=O)cc1OC. The number of nitrogens with zero attached hydrogens (tertiary/aromatic N) is 1. The second kappa shape index (κ2) is 8.23. The Hall–Kier alpha value is -2.26. The Labute approximate surface area is 175 Å². The van der Waals surface area contributed by atoms with E-state index in [0.29, 0.717) is 29.2 Å². The molecule has 0 unspecified atom stereocenters. The van der Waals surface area contributed by atoms with Crippen LogP contribution in [0.5, 0.6) is 11.5 Å². The van der Waals surface area contributed by atoms with Crippen molar-refractivity contribution < 1.29 is 22.7 Å². The Morgan fingerprint density at radius 3 is 2.48 bits per heavy atom. The largest absolute Gasteiger partial charge is 0.493 e. The number of rotatable bonds is 8. The molecule has 1 atom stereocenters. The Balaban J connectivity index is 2.00. The number of hydrogen-bond acceptors (Lipinski definition) is 7. The normalized spacial score (nSPS) is 14.8. The summed E-state index contributed by atoms with van der Waals surface area (Å²) >= 11 is 1.50. The number of nitrogens with one attached hydrogen (secondary N) is 1. The van der Waals surface area contributed by atoms with Crippen LogP contribution in [0.4, 0.5) is 5.00 Å². The number of carbonyl (C=O) groups excluding carboxylic acids is 1. The molecule has 29 heavy (non-hydrogen) atoms. The minimum Gasteiger partial charge on any atom is -0.493 e. The van der Waals surface area contributed by atoms with Gasteiger partial charge in [0.05, 0.1) is 43.1 Å². The lowest BCUT2D eigenvalue weighted by molar-refractivity contribution is 0.0718. The first-order valence-corrected chi connectivity index (χ1v) is 12.2. The third-order valence-corrected chi connectivity index (χ3v) is 6.64. The Bertz CT molecular complexity index is 1010. The zero-order valence-electron chi connectivity index (χ0n) is 17.2. The molecule has 1 aliphatic rings. The van der Waals surface area contributed by atoms with Crippen molar-refractivity contribution in [3.8, 4) is 11.5 Å². The summed E-state index contributed by atoms with van der Waals surface area (Å²) in [4.78, 5) is 14.8. The van der Waals surface area contributed by atoms with Gasteiger partial charge in [-0.2, -0.15) is 0 Å². The molecule has 1 N–H and O–H groups in total. The van der Waals surface area contributed by atoms with Crippen LogP contribution in [-0.4, -0.2) is 51.5 Å². The second-order valence-electron chi connectivity index (χ2n) is 7.41. The van der Waals surface area contributed by atoms with Gasteiger partial charge in [0, 0.05) is 23.2 Å². The summed E-state index contributed by atoms with van der Waals surface area (Å²) in [7, 11) is -0.285. The van der Waals surface area contributed by atoms with E-state index in [0.717, 1.165) is 10.6 Å². The van der Waals surface area contributed by atoms with Crippen LogP contribution in [0.1, 0.15) is 41.4 Å². The number of benzene rings is 1. The van der Waals surface area contributed by atoms with Crippen molar-refractivity contribution in [3.05, 3.63) is 40.3 Å². The lowest BCUT2D eigenvalue weighted by Crippen LogP contribution is -2.33. The predicted molar refractivity (Wildman–Crippen MR) is 115 cm³/mol. The molecule has 0 radical (unpaired) electrons. The maximum atomic E-state index is 13.1. The fraction of sp³-hybridized carbons (Fsp3) is 0.450. The Morgan fingerprint density at radius 2 is 1.90 bits per heavy atom. The van der Waals surface area contributed by atoms with Gasteiger partial charge in [-0.1, -0.05) is 6.07 Å². The first kappa shape index (κ1) is 21.4. The molecular weight excluding hydrogens is 412 g/mol. The van der Waals surface area contributed by atoms with Gasteiger partial charge in [-0.15, -0.1) is 11.3 Å². The van der Waals surface area contributed by atoms with E-state index in [1.807, 2.05) is 19.2 Å². The monoisotopic (exact) mass is 438 g/mol. The molecule has 2 aromatic rings. The second-order valence-corrected chi connectivity index (χ2v) is 10.5. The molecule has 1 aromatic heterocycles. The van der Waals surface area contributed by atoms with E-state index in [4.69, 9.17) is 9.47 Å². The van der Waals surface area contributed by atoms with Crippen LogP contribution >= 0.6 is 11.3 Å². The number of ether oxygens (including phenoxy) is 2. The molecule has 158 valence electrons. The van der Waals surface area contributed by atoms with Crippen molar-refractivity contribution in [1.29, 1.82) is 0 Å². The van der Waals surface area contributed by atoms with Crippen LogP contribution < -0.4 is 14.8 Å². The number of anilines is 1. The quantitative estimate of drug-likeness (QED) is 0.681. The molecular formula is C20H26N2O5S2. The molecule has 0 saturated carbocycles. The number of amides is 1. The minimum absolute atomic E-state index is 0.156. The first-order chi connectivity index (χ1) is 13.6. The van der Waals surface area contributed by atoms with Crippen molar-refractivity contribution in [1.82, 2.24) is 4.90 Å². The summed E-state index contributed by atoms with van der Waals surface area (Å²) in [6.45, 7) is 4.44. The van der Waals surface area contributed by atoms with Gasteiger partial charge < -0.3 is 19.7 Å². The van der Waals surface area contributed by atoms with Gasteiger partial charge in [-0.25, -0.2) is 8.42 Å². The number of hydrogen-bond donors (Lipinski definition) is 1. The van der Waals surface area contributed by atoms with Crippen molar-refractivity contribution in [2.45, 2.75) is 32.5 Å². The molecule has 0 fully saturated rings. The van der Waals surface area contributed by atoms with Gasteiger partial charge in [0.2, 0.25) is 0 Å². The first-order valence-electron chi connectivity index (χ1n) is 9.22. The minimum atomic E-state index is -3.35. The van der Waals surface area contributed by atoms with E-state index >= 15 is 0 Å². The zero-order valence-corrected chi connectivity index (χ0v) is 18.8. The van der Waals surface area contributed by atoms with Crippen LogP contribution in [0.2, 0.25) is 0 Å². The van der Waals surface area contributed by atoms with Crippen molar-refractivity contribution in [2.24, 2.45) is 0 Å². The summed E-state index contributed by atoms with van der Waals surface area (Å²) in [5, 5.41) is 6.17. The third-order valence-electron chi connectivity index (χ3n) is 4.76. The molecule has 2 heterocycles. The lowest BCUT2D eigenvalue weighted by atomic mass is 10.1. The maximum Gasteiger partial charge on any atom is 0.255 e. The maximum absolute atomic E-state index is 13.1. The van der Waals surface area contributed by atoms with E-state index in [1.54, 1.807) is 23.1 Å². The van der Waals surface area contributed by atoms with Gasteiger partial charge in [-0.05, 0) is 31.5 Å². The summed E-state index contributed by atoms with van der Waals surface area (Å²) in [5.74, 6) is 0.710. The number of thiophene rings is 1. The van der Waals surface area contributed by atoms with Crippen LogP contribution in [-0.2, 0) is 16.4 Å². The van der Waals surface area contributed by atoms with Crippen molar-refractivity contribution in [2.75, 3.05) is 31.5 Å². The van der Waals surface area contributed by atoms with Crippen LogP contribution in [0.25, 0.3) is 0 Å². The highest BCUT2D eigenvalue weighted by Gasteiger charge is 2.37. The Kier molecular flexibility index (Phi) is 6.09. The van der Waals surface area contributed by atoms with Crippen LogP contribution in [0.15, 0.2) is 23.6 Å². The smallest absolute Gasteiger partial charge is 0.255 e. The molecule has 7 nitrogen and oxygen atoms in total. The zero-order chi connectivity index (χ0) is 21.3. The summed E-state index contributed by atoms with van der Waals surface area (Å²) < 4.78 is 35.0. The average molecular weight is 439 g/mol. The molecule has 0 aliphatic carbocycles. The molecule has 1 aliphatic heterocycles. The number of carbonyl (C=O) groups is 1. The van der Waals surface area contributed by atoms with Crippen LogP contribution in [0.3, 0.4) is 0 Å². The highest BCUT2D eigenvalue weighted by atomic mass is 32.2. The van der Waals surface area contributed by atoms with Gasteiger partial charge in [-0.3, -0.25) is 4.79 Å². The fourth-order valence-corrected chi connectivity index (χ4v) is 5.51. The number of fused-ring (bicyclic) bond motifs is 1. The molecule has 0 spiro atoms. The highest BCUT2D eigenvalue weighted by molar-refractivity contribution is 7.90. The highest BCUT2D eigenvalue weighted by Crippen LogP contribution is 2.41. The standard InChI is InChI=1S/C20H26N2O5S2/c1-12(2)21-19-14-9-22(20(23)15(14)10-28-19)16(11-29(5,24)25)13-6-7-17(26-3)18(8-13)27-4/h6-8,10,12,16,21H,9,11H2,1-5H3/t16-/m0/s1. The van der Waals surface area contributed by atoms with E-state index < -0.39 is 15.9 Å². The summed E-state index contributed by atoms with van der Waals surface area (Å²) in [6, 6.07) is 4.86. The molecule has 0 bridgehead atoms. The van der Waals surface area contributed by atoms with Gasteiger partial charge in [0.25, 0.3) is 5.91 Å². The van der Waals surface area contributed by atoms with Gasteiger partial charge >= 0.3 is 0 Å². The number of sulfone groups is 1. The molecule has 1 aromatic carbocycles. The number of methoxy groups -OCH3 is 2. The van der Waals surface area contributed by atoms with Crippen molar-refractivity contribution >= 4 is 32.1 Å².